The van der Waals surface area contributed by atoms with Crippen LogP contribution in [0.1, 0.15) is 0 Å². The summed E-state index contributed by atoms with van der Waals surface area (Å²) in [5.74, 6) is 1.55. The molecule has 1 aromatic carbocycles. The highest BCUT2D eigenvalue weighted by molar-refractivity contribution is 7.99. The molecule has 0 aliphatic heterocycles. The number of nitrogens with zero attached hydrogens (tertiary/aromatic N) is 3. The van der Waals surface area contributed by atoms with Crippen LogP contribution in [0.25, 0.3) is 11.7 Å². The van der Waals surface area contributed by atoms with Crippen molar-refractivity contribution in [2.45, 2.75) is 5.22 Å². The summed E-state index contributed by atoms with van der Waals surface area (Å²) in [6, 6.07) is 9.69. The Kier molecular flexibility index (Phi) is 4.57. The van der Waals surface area contributed by atoms with Crippen LogP contribution in [0, 0.1) is 10.1 Å². The van der Waals surface area contributed by atoms with Gasteiger partial charge in [0, 0.05) is 11.8 Å². The predicted octanol–water partition coefficient (Wildman–Crippen LogP) is 3.41. The first-order valence-corrected chi connectivity index (χ1v) is 7.59. The fourth-order valence-electron chi connectivity index (χ4n) is 1.78. The van der Waals surface area contributed by atoms with Gasteiger partial charge in [0.2, 0.25) is 0 Å². The number of para-hydroxylation sites is 2. The zero-order chi connectivity index (χ0) is 16.1. The first-order chi connectivity index (χ1) is 11.2. The summed E-state index contributed by atoms with van der Waals surface area (Å²) < 4.78 is 16.0. The van der Waals surface area contributed by atoms with Crippen molar-refractivity contribution >= 4 is 17.4 Å². The van der Waals surface area contributed by atoms with Gasteiger partial charge in [-0.2, -0.15) is 0 Å². The summed E-state index contributed by atoms with van der Waals surface area (Å²) in [5.41, 5.74) is -0.0598. The van der Waals surface area contributed by atoms with Gasteiger partial charge in [-0.05, 0) is 18.2 Å². The van der Waals surface area contributed by atoms with Crippen molar-refractivity contribution in [3.63, 3.8) is 0 Å². The zero-order valence-electron chi connectivity index (χ0n) is 11.7. The van der Waals surface area contributed by atoms with E-state index in [1.807, 2.05) is 0 Å². The molecule has 0 bridgehead atoms. The molecule has 0 unspecified atom stereocenters. The van der Waals surface area contributed by atoms with E-state index in [4.69, 9.17) is 13.6 Å². The maximum atomic E-state index is 10.9. The van der Waals surface area contributed by atoms with Gasteiger partial charge in [-0.1, -0.05) is 23.9 Å². The Bertz CT molecular complexity index is 787. The Morgan fingerprint density at radius 3 is 2.87 bits per heavy atom. The highest BCUT2D eigenvalue weighted by atomic mass is 32.2. The van der Waals surface area contributed by atoms with Crippen LogP contribution >= 0.6 is 11.8 Å². The molecule has 3 aromatic rings. The number of nitro benzene ring substituents is 1. The number of benzene rings is 1. The third-order valence-corrected chi connectivity index (χ3v) is 3.55. The second kappa shape index (κ2) is 6.97. The summed E-state index contributed by atoms with van der Waals surface area (Å²) >= 11 is 1.30. The third kappa shape index (κ3) is 3.69. The maximum Gasteiger partial charge on any atom is 0.310 e. The number of hydrogen-bond acceptors (Lipinski definition) is 8. The summed E-state index contributed by atoms with van der Waals surface area (Å²) in [7, 11) is 0. The number of hydrogen-bond donors (Lipinski definition) is 0. The van der Waals surface area contributed by atoms with Crippen LogP contribution in [0.2, 0.25) is 0 Å². The number of ether oxygens (including phenoxy) is 1. The molecule has 0 aliphatic rings. The van der Waals surface area contributed by atoms with Gasteiger partial charge in [-0.25, -0.2) is 0 Å². The van der Waals surface area contributed by atoms with E-state index < -0.39 is 4.92 Å². The molecule has 0 amide bonds. The molecule has 9 heteroatoms. The van der Waals surface area contributed by atoms with E-state index in [9.17, 15) is 10.1 Å². The number of aromatic nitrogens is 2. The highest BCUT2D eigenvalue weighted by Crippen LogP contribution is 2.27. The fourth-order valence-corrected chi connectivity index (χ4v) is 2.36. The molecule has 23 heavy (non-hydrogen) atoms. The van der Waals surface area contributed by atoms with Gasteiger partial charge < -0.3 is 13.6 Å². The van der Waals surface area contributed by atoms with Crippen molar-refractivity contribution in [1.82, 2.24) is 10.2 Å². The molecule has 2 heterocycles. The summed E-state index contributed by atoms with van der Waals surface area (Å²) in [6.07, 6.45) is 1.52. The minimum Gasteiger partial charge on any atom is -0.486 e. The lowest BCUT2D eigenvalue weighted by molar-refractivity contribution is -0.385. The lowest BCUT2D eigenvalue weighted by Crippen LogP contribution is -2.02. The molecule has 118 valence electrons. The molecular formula is C14H11N3O5S. The standard InChI is InChI=1S/C14H11N3O5S/c18-17(19)10-4-1-2-5-11(10)21-8-9-23-14-16-15-13(22-14)12-6-3-7-20-12/h1-7H,8-9H2. The molecule has 8 nitrogen and oxygen atoms in total. The van der Waals surface area contributed by atoms with Gasteiger partial charge in [0.1, 0.15) is 0 Å². The fraction of sp³-hybridized carbons (Fsp3) is 0.143. The summed E-state index contributed by atoms with van der Waals surface area (Å²) in [6.45, 7) is 0.272. The topological polar surface area (TPSA) is 104 Å². The minimum absolute atomic E-state index is 0.0598. The van der Waals surface area contributed by atoms with E-state index >= 15 is 0 Å². The van der Waals surface area contributed by atoms with Crippen molar-refractivity contribution < 1.29 is 18.5 Å². The van der Waals surface area contributed by atoms with Crippen molar-refractivity contribution in [3.8, 4) is 17.4 Å². The van der Waals surface area contributed by atoms with E-state index in [2.05, 4.69) is 10.2 Å². The lowest BCUT2D eigenvalue weighted by Gasteiger charge is -2.04. The summed E-state index contributed by atoms with van der Waals surface area (Å²) in [4.78, 5) is 10.4. The molecule has 2 aromatic heterocycles. The van der Waals surface area contributed by atoms with Gasteiger partial charge >= 0.3 is 5.69 Å². The van der Waals surface area contributed by atoms with Crippen LogP contribution in [-0.4, -0.2) is 27.5 Å². The molecule has 0 saturated carbocycles. The van der Waals surface area contributed by atoms with Gasteiger partial charge in [0.15, 0.2) is 11.5 Å². The molecule has 0 aliphatic carbocycles. The van der Waals surface area contributed by atoms with Gasteiger partial charge in [0.25, 0.3) is 11.1 Å². The Morgan fingerprint density at radius 1 is 1.22 bits per heavy atom. The number of rotatable bonds is 7. The molecule has 0 spiro atoms. The van der Waals surface area contributed by atoms with Crippen molar-refractivity contribution in [1.29, 1.82) is 0 Å². The molecular weight excluding hydrogens is 322 g/mol. The van der Waals surface area contributed by atoms with E-state index in [0.29, 0.717) is 22.6 Å². The smallest absolute Gasteiger partial charge is 0.310 e. The number of thioether (sulfide) groups is 1. The molecule has 0 radical (unpaired) electrons. The van der Waals surface area contributed by atoms with Crippen LogP contribution in [0.15, 0.2) is 56.7 Å². The average Bonchev–Trinajstić information content (AvgIpc) is 3.23. The molecule has 3 rings (SSSR count). The van der Waals surface area contributed by atoms with Crippen LogP contribution < -0.4 is 4.74 Å². The predicted molar refractivity (Wildman–Crippen MR) is 81.3 cm³/mol. The van der Waals surface area contributed by atoms with E-state index in [-0.39, 0.29) is 18.0 Å². The second-order valence-electron chi connectivity index (χ2n) is 4.27. The molecule has 0 saturated heterocycles. The maximum absolute atomic E-state index is 10.9. The van der Waals surface area contributed by atoms with Crippen molar-refractivity contribution in [3.05, 3.63) is 52.8 Å². The number of furan rings is 1. The SMILES string of the molecule is O=[N+]([O-])c1ccccc1OCCSc1nnc(-c2ccco2)o1. The second-order valence-corrected chi connectivity index (χ2v) is 5.32. The quantitative estimate of drug-likeness (QED) is 0.280. The van der Waals surface area contributed by atoms with E-state index in [0.717, 1.165) is 0 Å². The largest absolute Gasteiger partial charge is 0.486 e. The van der Waals surface area contributed by atoms with E-state index in [1.165, 1.54) is 24.1 Å². The van der Waals surface area contributed by atoms with Crippen LogP contribution in [0.3, 0.4) is 0 Å². The highest BCUT2D eigenvalue weighted by Gasteiger charge is 2.14. The van der Waals surface area contributed by atoms with Gasteiger partial charge in [0.05, 0.1) is 17.8 Å². The van der Waals surface area contributed by atoms with Gasteiger partial charge in [-0.3, -0.25) is 10.1 Å². The number of nitro groups is 1. The minimum atomic E-state index is -0.476. The average molecular weight is 333 g/mol. The first kappa shape index (κ1) is 15.1. The normalized spacial score (nSPS) is 10.6. The van der Waals surface area contributed by atoms with Crippen LogP contribution in [0.4, 0.5) is 5.69 Å². The third-order valence-electron chi connectivity index (χ3n) is 2.77. The zero-order valence-corrected chi connectivity index (χ0v) is 12.6. The first-order valence-electron chi connectivity index (χ1n) is 6.60. The monoisotopic (exact) mass is 333 g/mol. The van der Waals surface area contributed by atoms with Crippen LogP contribution in [0.5, 0.6) is 5.75 Å². The Labute approximate surface area is 134 Å². The van der Waals surface area contributed by atoms with Gasteiger partial charge in [-0.15, -0.1) is 10.2 Å². The molecule has 0 fully saturated rings. The molecule has 0 atom stereocenters. The molecule has 0 N–H and O–H groups in total. The lowest BCUT2D eigenvalue weighted by atomic mass is 10.3. The summed E-state index contributed by atoms with van der Waals surface area (Å²) in [5, 5.41) is 19.0. The van der Waals surface area contributed by atoms with E-state index in [1.54, 1.807) is 30.3 Å². The Morgan fingerprint density at radius 2 is 2.09 bits per heavy atom. The Hall–Kier alpha value is -2.81. The Balaban J connectivity index is 1.52. The van der Waals surface area contributed by atoms with Crippen LogP contribution in [-0.2, 0) is 0 Å². The van der Waals surface area contributed by atoms with Crippen molar-refractivity contribution in [2.75, 3.05) is 12.4 Å². The van der Waals surface area contributed by atoms with Crippen molar-refractivity contribution in [2.24, 2.45) is 0 Å².